The second kappa shape index (κ2) is 17.0. The van der Waals surface area contributed by atoms with Crippen LogP contribution in [0.15, 0.2) is 48.5 Å². The predicted molar refractivity (Wildman–Crippen MR) is 156 cm³/mol. The van der Waals surface area contributed by atoms with Crippen LogP contribution in [0.4, 0.5) is 0 Å². The van der Waals surface area contributed by atoms with Crippen LogP contribution >= 0.6 is 0 Å². The van der Waals surface area contributed by atoms with Crippen molar-refractivity contribution in [3.05, 3.63) is 59.7 Å². The van der Waals surface area contributed by atoms with E-state index in [4.69, 9.17) is 9.47 Å². The molecule has 0 radical (unpaired) electrons. The molecule has 0 unspecified atom stereocenters. The molecule has 2 atom stereocenters. The van der Waals surface area contributed by atoms with E-state index in [0.717, 1.165) is 61.2 Å². The first-order chi connectivity index (χ1) is 18.2. The highest BCUT2D eigenvalue weighted by atomic mass is 16.5. The van der Waals surface area contributed by atoms with E-state index in [-0.39, 0.29) is 23.4 Å². The lowest BCUT2D eigenvalue weighted by atomic mass is 9.88. The molecule has 2 rings (SSSR count). The zero-order valence-corrected chi connectivity index (χ0v) is 24.4. The third-order valence-electron chi connectivity index (χ3n) is 6.49. The summed E-state index contributed by atoms with van der Waals surface area (Å²) in [5.41, 5.74) is 1.46. The highest BCUT2D eigenvalue weighted by molar-refractivity contribution is 5.98. The molecule has 6 nitrogen and oxygen atoms in total. The average molecular weight is 525 g/mol. The monoisotopic (exact) mass is 524 g/mol. The number of benzene rings is 2. The lowest BCUT2D eigenvalue weighted by molar-refractivity contribution is 0.0867. The van der Waals surface area contributed by atoms with Crippen LogP contribution < -0.4 is 9.47 Å². The minimum absolute atomic E-state index is 0.0777. The van der Waals surface area contributed by atoms with Gasteiger partial charge in [0, 0.05) is 36.1 Å². The zero-order valence-electron chi connectivity index (χ0n) is 24.4. The molecule has 6 heteroatoms. The highest BCUT2D eigenvalue weighted by Crippen LogP contribution is 2.23. The average Bonchev–Trinajstić information content (AvgIpc) is 2.91. The van der Waals surface area contributed by atoms with Gasteiger partial charge in [0.25, 0.3) is 0 Å². The fourth-order valence-electron chi connectivity index (χ4n) is 4.62. The van der Waals surface area contributed by atoms with Crippen LogP contribution in [-0.4, -0.2) is 75.9 Å². The maximum absolute atomic E-state index is 13.3. The van der Waals surface area contributed by atoms with Crippen molar-refractivity contribution in [1.82, 2.24) is 9.80 Å². The Balaban J connectivity index is 1.97. The summed E-state index contributed by atoms with van der Waals surface area (Å²) in [6.07, 6.45) is 5.32. The van der Waals surface area contributed by atoms with Crippen molar-refractivity contribution in [2.24, 2.45) is 11.8 Å². The molecular weight excluding hydrogens is 476 g/mol. The van der Waals surface area contributed by atoms with Crippen molar-refractivity contribution in [2.75, 3.05) is 54.5 Å². The molecule has 0 bridgehead atoms. The molecular formula is C32H48N2O4. The number of carbonyl (C=O) groups excluding carboxylic acids is 2. The minimum Gasteiger partial charge on any atom is -0.494 e. The SMILES string of the molecule is CCCOc1ccc(C(=O)[C@H](CCCC[C@H](CN(C)C)C(=O)c2ccc(OCCC)cc2)CN(C)C)cc1. The molecule has 0 aliphatic rings. The second-order valence-corrected chi connectivity index (χ2v) is 10.7. The number of hydrogen-bond donors (Lipinski definition) is 0. The third kappa shape index (κ3) is 11.0. The van der Waals surface area contributed by atoms with Crippen molar-refractivity contribution >= 4 is 11.6 Å². The topological polar surface area (TPSA) is 59.1 Å². The molecule has 0 amide bonds. The summed E-state index contributed by atoms with van der Waals surface area (Å²) in [7, 11) is 8.03. The van der Waals surface area contributed by atoms with Crippen LogP contribution in [0.25, 0.3) is 0 Å². The summed E-state index contributed by atoms with van der Waals surface area (Å²) < 4.78 is 11.3. The van der Waals surface area contributed by atoms with E-state index in [2.05, 4.69) is 23.6 Å². The fourth-order valence-corrected chi connectivity index (χ4v) is 4.62. The van der Waals surface area contributed by atoms with Gasteiger partial charge in [-0.2, -0.15) is 0 Å². The number of Topliss-reactive ketones (excluding diaryl/α,β-unsaturated/α-hetero) is 2. The van der Waals surface area contributed by atoms with Crippen molar-refractivity contribution in [2.45, 2.75) is 52.4 Å². The van der Waals surface area contributed by atoms with Gasteiger partial charge in [-0.25, -0.2) is 0 Å². The number of carbonyl (C=O) groups is 2. The quantitative estimate of drug-likeness (QED) is 0.160. The van der Waals surface area contributed by atoms with E-state index in [1.807, 2.05) is 76.7 Å². The Morgan fingerprint density at radius 1 is 0.632 bits per heavy atom. The lowest BCUT2D eigenvalue weighted by Crippen LogP contribution is -2.29. The molecule has 0 saturated carbocycles. The van der Waals surface area contributed by atoms with Crippen LogP contribution in [0, 0.1) is 11.8 Å². The smallest absolute Gasteiger partial charge is 0.167 e. The van der Waals surface area contributed by atoms with Gasteiger partial charge in [0.2, 0.25) is 0 Å². The minimum atomic E-state index is -0.0777. The number of ether oxygens (including phenoxy) is 2. The maximum Gasteiger partial charge on any atom is 0.167 e. The van der Waals surface area contributed by atoms with E-state index in [1.54, 1.807) is 0 Å². The van der Waals surface area contributed by atoms with Gasteiger partial charge in [0.1, 0.15) is 11.5 Å². The maximum atomic E-state index is 13.3. The van der Waals surface area contributed by atoms with Gasteiger partial charge in [-0.05, 0) is 102 Å². The Kier molecular flexibility index (Phi) is 14.1. The molecule has 0 aliphatic carbocycles. The van der Waals surface area contributed by atoms with Crippen molar-refractivity contribution in [1.29, 1.82) is 0 Å². The Morgan fingerprint density at radius 2 is 0.974 bits per heavy atom. The van der Waals surface area contributed by atoms with Crippen LogP contribution in [0.1, 0.15) is 73.1 Å². The van der Waals surface area contributed by atoms with Gasteiger partial charge in [0.15, 0.2) is 11.6 Å². The Labute approximate surface area is 230 Å². The molecule has 0 spiro atoms. The molecule has 0 aliphatic heterocycles. The lowest BCUT2D eigenvalue weighted by Gasteiger charge is -2.22. The third-order valence-corrected chi connectivity index (χ3v) is 6.49. The largest absolute Gasteiger partial charge is 0.494 e. The first-order valence-corrected chi connectivity index (χ1v) is 14.1. The molecule has 210 valence electrons. The fraction of sp³-hybridized carbons (Fsp3) is 0.562. The van der Waals surface area contributed by atoms with Gasteiger partial charge < -0.3 is 19.3 Å². The number of hydrogen-bond acceptors (Lipinski definition) is 6. The normalized spacial score (nSPS) is 12.9. The molecule has 0 aromatic heterocycles. The van der Waals surface area contributed by atoms with Crippen LogP contribution in [0.2, 0.25) is 0 Å². The second-order valence-electron chi connectivity index (χ2n) is 10.7. The molecule has 2 aromatic carbocycles. The molecule has 2 aromatic rings. The number of unbranched alkanes of at least 4 members (excludes halogenated alkanes) is 1. The summed E-state index contributed by atoms with van der Waals surface area (Å²) in [4.78, 5) is 30.8. The summed E-state index contributed by atoms with van der Waals surface area (Å²) in [5.74, 6) is 1.79. The summed E-state index contributed by atoms with van der Waals surface area (Å²) in [6.45, 7) is 6.91. The van der Waals surface area contributed by atoms with Gasteiger partial charge in [-0.3, -0.25) is 9.59 Å². The number of rotatable bonds is 19. The van der Waals surface area contributed by atoms with E-state index in [9.17, 15) is 9.59 Å². The standard InChI is InChI=1S/C32H48N2O4/c1-7-21-37-29-17-13-25(14-18-29)31(35)27(23-33(3)4)11-9-10-12-28(24-34(5)6)32(36)26-15-19-30(20-16-26)38-22-8-2/h13-20,27-28H,7-12,21-24H2,1-6H3/t27-,28-/m1/s1. The van der Waals surface area contributed by atoms with Crippen molar-refractivity contribution < 1.29 is 19.1 Å². The summed E-state index contributed by atoms with van der Waals surface area (Å²) in [5, 5.41) is 0. The number of nitrogens with zero attached hydrogens (tertiary/aromatic N) is 2. The Morgan fingerprint density at radius 3 is 1.26 bits per heavy atom. The van der Waals surface area contributed by atoms with Crippen LogP contribution in [0.5, 0.6) is 11.5 Å². The summed E-state index contributed by atoms with van der Waals surface area (Å²) >= 11 is 0. The molecule has 38 heavy (non-hydrogen) atoms. The van der Waals surface area contributed by atoms with Gasteiger partial charge in [-0.1, -0.05) is 26.7 Å². The summed E-state index contributed by atoms with van der Waals surface area (Å²) in [6, 6.07) is 15.0. The predicted octanol–water partition coefficient (Wildman–Crippen LogP) is 6.25. The Hall–Kier alpha value is -2.70. The first-order valence-electron chi connectivity index (χ1n) is 14.1. The van der Waals surface area contributed by atoms with Gasteiger partial charge in [-0.15, -0.1) is 0 Å². The first kappa shape index (κ1) is 31.5. The molecule has 0 N–H and O–H groups in total. The van der Waals surface area contributed by atoms with Crippen molar-refractivity contribution in [3.63, 3.8) is 0 Å². The molecule has 0 saturated heterocycles. The Bertz CT molecular complexity index is 875. The van der Waals surface area contributed by atoms with Gasteiger partial charge in [0.05, 0.1) is 13.2 Å². The zero-order chi connectivity index (χ0) is 27.9. The highest BCUT2D eigenvalue weighted by Gasteiger charge is 2.23. The molecule has 0 fully saturated rings. The van der Waals surface area contributed by atoms with E-state index in [1.165, 1.54) is 0 Å². The van der Waals surface area contributed by atoms with E-state index < -0.39 is 0 Å². The van der Waals surface area contributed by atoms with Crippen molar-refractivity contribution in [3.8, 4) is 11.5 Å². The van der Waals surface area contributed by atoms with E-state index in [0.29, 0.717) is 26.3 Å². The number of ketones is 2. The van der Waals surface area contributed by atoms with Crippen LogP contribution in [-0.2, 0) is 0 Å². The van der Waals surface area contributed by atoms with Gasteiger partial charge >= 0.3 is 0 Å². The molecule has 0 heterocycles. The van der Waals surface area contributed by atoms with E-state index >= 15 is 0 Å². The van der Waals surface area contributed by atoms with Crippen LogP contribution in [0.3, 0.4) is 0 Å².